The lowest BCUT2D eigenvalue weighted by Crippen LogP contribution is -2.41. The van der Waals surface area contributed by atoms with Gasteiger partial charge in [-0.3, -0.25) is 4.79 Å². The maximum atomic E-state index is 12.3. The minimum absolute atomic E-state index is 0.0959. The van der Waals surface area contributed by atoms with Gasteiger partial charge in [0.2, 0.25) is 5.91 Å². The molecule has 0 aliphatic carbocycles. The lowest BCUT2D eigenvalue weighted by molar-refractivity contribution is -0.123. The fraction of sp³-hybridized carbons (Fsp3) is 0.533. The number of rotatable bonds is 5. The number of aromatic amines is 1. The number of H-pyrrole nitrogens is 1. The van der Waals surface area contributed by atoms with Crippen LogP contribution in [0.3, 0.4) is 0 Å². The van der Waals surface area contributed by atoms with Crippen LogP contribution in [0.2, 0.25) is 0 Å². The smallest absolute Gasteiger partial charge is 0.243 e. The SMILES string of the molecule is CC(C)Cc1cc(CNC(=O)C2NCCc3[nH]cnc32)no1. The second-order valence-electron chi connectivity index (χ2n) is 6.00. The molecule has 3 N–H and O–H groups in total. The average Bonchev–Trinajstić information content (AvgIpc) is 3.12. The molecule has 2 aromatic heterocycles. The number of amides is 1. The highest BCUT2D eigenvalue weighted by molar-refractivity contribution is 5.83. The molecule has 0 fully saturated rings. The predicted molar refractivity (Wildman–Crippen MR) is 79.9 cm³/mol. The number of nitrogens with one attached hydrogen (secondary N) is 3. The molecule has 118 valence electrons. The first-order valence-corrected chi connectivity index (χ1v) is 7.61. The topological polar surface area (TPSA) is 95.8 Å². The summed E-state index contributed by atoms with van der Waals surface area (Å²) in [6, 6.07) is 1.49. The van der Waals surface area contributed by atoms with Crippen molar-refractivity contribution in [2.75, 3.05) is 6.54 Å². The van der Waals surface area contributed by atoms with Crippen LogP contribution in [0.1, 0.15) is 42.7 Å². The van der Waals surface area contributed by atoms with Gasteiger partial charge >= 0.3 is 0 Å². The lowest BCUT2D eigenvalue weighted by Gasteiger charge is -2.21. The van der Waals surface area contributed by atoms with E-state index in [0.29, 0.717) is 12.5 Å². The van der Waals surface area contributed by atoms with Gasteiger partial charge in [-0.1, -0.05) is 19.0 Å². The second kappa shape index (κ2) is 6.31. The number of aromatic nitrogens is 3. The third-order valence-corrected chi connectivity index (χ3v) is 3.67. The van der Waals surface area contributed by atoms with E-state index in [4.69, 9.17) is 4.52 Å². The molecule has 0 saturated heterocycles. The molecule has 0 aromatic carbocycles. The van der Waals surface area contributed by atoms with Gasteiger partial charge < -0.3 is 20.1 Å². The van der Waals surface area contributed by atoms with E-state index >= 15 is 0 Å². The number of hydrogen-bond donors (Lipinski definition) is 3. The largest absolute Gasteiger partial charge is 0.361 e. The van der Waals surface area contributed by atoms with Crippen LogP contribution in [0.25, 0.3) is 0 Å². The summed E-state index contributed by atoms with van der Waals surface area (Å²) in [6.45, 7) is 5.37. The number of hydrogen-bond acceptors (Lipinski definition) is 5. The third kappa shape index (κ3) is 3.19. The highest BCUT2D eigenvalue weighted by atomic mass is 16.5. The maximum Gasteiger partial charge on any atom is 0.243 e. The second-order valence-corrected chi connectivity index (χ2v) is 6.00. The van der Waals surface area contributed by atoms with Gasteiger partial charge in [-0.05, 0) is 5.92 Å². The summed E-state index contributed by atoms with van der Waals surface area (Å²) >= 11 is 0. The predicted octanol–water partition coefficient (Wildman–Crippen LogP) is 1.10. The number of nitrogens with zero attached hydrogens (tertiary/aromatic N) is 2. The standard InChI is InChI=1S/C15H21N5O2/c1-9(2)5-11-6-10(20-22-11)7-17-15(21)14-13-12(3-4-16-14)18-8-19-13/h6,8-9,14,16H,3-5,7H2,1-2H3,(H,17,21)(H,18,19). The minimum atomic E-state index is -0.406. The first-order chi connectivity index (χ1) is 10.6. The van der Waals surface area contributed by atoms with Crippen LogP contribution in [0.15, 0.2) is 16.9 Å². The average molecular weight is 303 g/mol. The molecule has 1 atom stereocenters. The van der Waals surface area contributed by atoms with E-state index in [1.54, 1.807) is 6.33 Å². The molecule has 1 aliphatic heterocycles. The quantitative estimate of drug-likeness (QED) is 0.768. The molecule has 0 radical (unpaired) electrons. The van der Waals surface area contributed by atoms with Crippen LogP contribution in [-0.2, 0) is 24.2 Å². The summed E-state index contributed by atoms with van der Waals surface area (Å²) in [5, 5.41) is 10.1. The molecule has 0 bridgehead atoms. The minimum Gasteiger partial charge on any atom is -0.361 e. The Hall–Kier alpha value is -2.15. The zero-order chi connectivity index (χ0) is 15.5. The van der Waals surface area contributed by atoms with Gasteiger partial charge in [0.15, 0.2) is 0 Å². The van der Waals surface area contributed by atoms with Crippen LogP contribution in [-0.4, -0.2) is 27.6 Å². The van der Waals surface area contributed by atoms with Crippen LogP contribution >= 0.6 is 0 Å². The molecule has 3 heterocycles. The van der Waals surface area contributed by atoms with E-state index < -0.39 is 6.04 Å². The Kier molecular flexibility index (Phi) is 4.24. The van der Waals surface area contributed by atoms with Crippen molar-refractivity contribution in [1.82, 2.24) is 25.8 Å². The van der Waals surface area contributed by atoms with Crippen LogP contribution in [0.5, 0.6) is 0 Å². The highest BCUT2D eigenvalue weighted by Crippen LogP contribution is 2.19. The van der Waals surface area contributed by atoms with Gasteiger partial charge in [0.05, 0.1) is 18.6 Å². The zero-order valence-corrected chi connectivity index (χ0v) is 12.8. The van der Waals surface area contributed by atoms with E-state index in [9.17, 15) is 4.79 Å². The first kappa shape index (κ1) is 14.8. The Morgan fingerprint density at radius 3 is 3.23 bits per heavy atom. The van der Waals surface area contributed by atoms with E-state index in [0.717, 1.165) is 42.2 Å². The Bertz CT molecular complexity index is 646. The summed E-state index contributed by atoms with van der Waals surface area (Å²) < 4.78 is 5.26. The van der Waals surface area contributed by atoms with Crippen molar-refractivity contribution >= 4 is 5.91 Å². The summed E-state index contributed by atoms with van der Waals surface area (Å²) in [7, 11) is 0. The number of carbonyl (C=O) groups excluding carboxylic acids is 1. The molecule has 3 rings (SSSR count). The summed E-state index contributed by atoms with van der Waals surface area (Å²) in [5.41, 5.74) is 2.55. The maximum absolute atomic E-state index is 12.3. The van der Waals surface area contributed by atoms with Crippen molar-refractivity contribution in [2.24, 2.45) is 5.92 Å². The Labute approximate surface area is 128 Å². The number of fused-ring (bicyclic) bond motifs is 1. The van der Waals surface area contributed by atoms with Crippen molar-refractivity contribution < 1.29 is 9.32 Å². The zero-order valence-electron chi connectivity index (χ0n) is 12.8. The summed E-state index contributed by atoms with van der Waals surface area (Å²) in [4.78, 5) is 19.6. The number of imidazole rings is 1. The molecule has 1 amide bonds. The molecule has 7 nitrogen and oxygen atoms in total. The van der Waals surface area contributed by atoms with E-state index in [1.807, 2.05) is 6.07 Å². The van der Waals surface area contributed by atoms with Crippen molar-refractivity contribution in [3.05, 3.63) is 35.2 Å². The molecule has 22 heavy (non-hydrogen) atoms. The van der Waals surface area contributed by atoms with E-state index in [-0.39, 0.29) is 5.91 Å². The number of carbonyl (C=O) groups is 1. The van der Waals surface area contributed by atoms with Gasteiger partial charge in [0.25, 0.3) is 0 Å². The van der Waals surface area contributed by atoms with Gasteiger partial charge in [-0.2, -0.15) is 0 Å². The Balaban J connectivity index is 1.58. The third-order valence-electron chi connectivity index (χ3n) is 3.67. The fourth-order valence-corrected chi connectivity index (χ4v) is 2.65. The molecule has 0 spiro atoms. The van der Waals surface area contributed by atoms with Gasteiger partial charge in [-0.15, -0.1) is 0 Å². The molecular formula is C15H21N5O2. The summed E-state index contributed by atoms with van der Waals surface area (Å²) in [5.74, 6) is 1.27. The van der Waals surface area contributed by atoms with Crippen molar-refractivity contribution in [3.8, 4) is 0 Å². The van der Waals surface area contributed by atoms with Crippen molar-refractivity contribution in [3.63, 3.8) is 0 Å². The molecular weight excluding hydrogens is 282 g/mol. The van der Waals surface area contributed by atoms with Crippen LogP contribution in [0.4, 0.5) is 0 Å². The van der Waals surface area contributed by atoms with Gasteiger partial charge in [-0.25, -0.2) is 4.98 Å². The van der Waals surface area contributed by atoms with Crippen molar-refractivity contribution in [1.29, 1.82) is 0 Å². The normalized spacial score (nSPS) is 17.5. The van der Waals surface area contributed by atoms with Crippen molar-refractivity contribution in [2.45, 2.75) is 39.3 Å². The Morgan fingerprint density at radius 1 is 1.55 bits per heavy atom. The molecule has 0 saturated carbocycles. The van der Waals surface area contributed by atoms with E-state index in [2.05, 4.69) is 39.6 Å². The molecule has 1 unspecified atom stereocenters. The summed E-state index contributed by atoms with van der Waals surface area (Å²) in [6.07, 6.45) is 3.34. The molecule has 2 aromatic rings. The molecule has 7 heteroatoms. The Morgan fingerprint density at radius 2 is 2.41 bits per heavy atom. The highest BCUT2D eigenvalue weighted by Gasteiger charge is 2.28. The first-order valence-electron chi connectivity index (χ1n) is 7.61. The van der Waals surface area contributed by atoms with Crippen LogP contribution in [0, 0.1) is 5.92 Å². The van der Waals surface area contributed by atoms with E-state index in [1.165, 1.54) is 0 Å². The molecule has 1 aliphatic rings. The van der Waals surface area contributed by atoms with Crippen LogP contribution < -0.4 is 10.6 Å². The van der Waals surface area contributed by atoms with Gasteiger partial charge in [0.1, 0.15) is 17.5 Å². The fourth-order valence-electron chi connectivity index (χ4n) is 2.65. The van der Waals surface area contributed by atoms with Gasteiger partial charge in [0, 0.05) is 31.1 Å². The lowest BCUT2D eigenvalue weighted by atomic mass is 10.1. The monoisotopic (exact) mass is 303 g/mol.